The van der Waals surface area contributed by atoms with E-state index in [1.807, 2.05) is 19.1 Å². The van der Waals surface area contributed by atoms with E-state index in [1.165, 1.54) is 12.1 Å². The minimum atomic E-state index is -3.56. The predicted octanol–water partition coefficient (Wildman–Crippen LogP) is 3.77. The average Bonchev–Trinajstić information content (AvgIpc) is 2.58. The van der Waals surface area contributed by atoms with Gasteiger partial charge in [0.25, 0.3) is 0 Å². The molecule has 6 nitrogen and oxygen atoms in total. The van der Waals surface area contributed by atoms with Gasteiger partial charge in [0.15, 0.2) is 0 Å². The molecule has 0 radical (unpaired) electrons. The fraction of sp³-hybridized carbons (Fsp3) is 0.316. The predicted molar refractivity (Wildman–Crippen MR) is 110 cm³/mol. The number of rotatable bonds is 7. The van der Waals surface area contributed by atoms with E-state index < -0.39 is 16.1 Å². The monoisotopic (exact) mass is 409 g/mol. The minimum absolute atomic E-state index is 0.148. The number of benzene rings is 2. The van der Waals surface area contributed by atoms with Gasteiger partial charge in [-0.15, -0.1) is 0 Å². The standard InChI is InChI=1S/C19H24ClN3O3S/c1-12(2)23-27(25,26)16-10-8-15(9-11-16)22-19(24)14(4)21-18-7-5-6-17(20)13(18)3/h5-12,14,21,23H,1-4H3,(H,22,24)/t14-/m0/s1. The number of hydrogen-bond acceptors (Lipinski definition) is 4. The van der Waals surface area contributed by atoms with E-state index in [0.717, 1.165) is 11.3 Å². The zero-order valence-corrected chi connectivity index (χ0v) is 17.3. The van der Waals surface area contributed by atoms with Gasteiger partial charge >= 0.3 is 0 Å². The van der Waals surface area contributed by atoms with Gasteiger partial charge in [-0.1, -0.05) is 17.7 Å². The second-order valence-corrected chi connectivity index (χ2v) is 8.69. The molecule has 2 aromatic rings. The van der Waals surface area contributed by atoms with Crippen molar-refractivity contribution in [3.63, 3.8) is 0 Å². The van der Waals surface area contributed by atoms with Crippen LogP contribution in [0, 0.1) is 6.92 Å². The highest BCUT2D eigenvalue weighted by molar-refractivity contribution is 7.89. The fourth-order valence-corrected chi connectivity index (χ4v) is 3.83. The second-order valence-electron chi connectivity index (χ2n) is 6.57. The van der Waals surface area contributed by atoms with Crippen molar-refractivity contribution in [2.24, 2.45) is 0 Å². The van der Waals surface area contributed by atoms with Crippen LogP contribution >= 0.6 is 11.6 Å². The van der Waals surface area contributed by atoms with E-state index >= 15 is 0 Å². The van der Waals surface area contributed by atoms with E-state index in [2.05, 4.69) is 15.4 Å². The highest BCUT2D eigenvalue weighted by Gasteiger charge is 2.17. The van der Waals surface area contributed by atoms with Gasteiger partial charge in [-0.2, -0.15) is 0 Å². The first-order valence-corrected chi connectivity index (χ1v) is 10.4. The molecule has 2 rings (SSSR count). The van der Waals surface area contributed by atoms with Crippen molar-refractivity contribution >= 4 is 38.9 Å². The maximum Gasteiger partial charge on any atom is 0.246 e. The Hall–Kier alpha value is -2.09. The molecule has 1 atom stereocenters. The van der Waals surface area contributed by atoms with Crippen molar-refractivity contribution in [2.45, 2.75) is 44.7 Å². The third-order valence-electron chi connectivity index (χ3n) is 3.86. The summed E-state index contributed by atoms with van der Waals surface area (Å²) in [6.07, 6.45) is 0. The van der Waals surface area contributed by atoms with Crippen molar-refractivity contribution in [3.8, 4) is 0 Å². The number of amides is 1. The molecule has 0 fully saturated rings. The summed E-state index contributed by atoms with van der Waals surface area (Å²) in [6.45, 7) is 7.12. The first-order chi connectivity index (χ1) is 12.6. The van der Waals surface area contributed by atoms with E-state index in [1.54, 1.807) is 39.0 Å². The van der Waals surface area contributed by atoms with Crippen LogP contribution in [0.5, 0.6) is 0 Å². The zero-order valence-electron chi connectivity index (χ0n) is 15.7. The number of hydrogen-bond donors (Lipinski definition) is 3. The van der Waals surface area contributed by atoms with Crippen LogP contribution in [0.15, 0.2) is 47.4 Å². The molecule has 27 heavy (non-hydrogen) atoms. The van der Waals surface area contributed by atoms with Crippen LogP contribution in [-0.4, -0.2) is 26.4 Å². The lowest BCUT2D eigenvalue weighted by atomic mass is 10.1. The highest BCUT2D eigenvalue weighted by Crippen LogP contribution is 2.23. The van der Waals surface area contributed by atoms with Gasteiger partial charge in [0, 0.05) is 22.4 Å². The Morgan fingerprint density at radius 2 is 1.67 bits per heavy atom. The number of sulfonamides is 1. The molecule has 0 heterocycles. The molecule has 0 spiro atoms. The largest absolute Gasteiger partial charge is 0.374 e. The average molecular weight is 410 g/mol. The minimum Gasteiger partial charge on any atom is -0.374 e. The molecule has 2 aromatic carbocycles. The van der Waals surface area contributed by atoms with Crippen LogP contribution in [0.4, 0.5) is 11.4 Å². The smallest absolute Gasteiger partial charge is 0.246 e. The fourth-order valence-electron chi connectivity index (χ4n) is 2.41. The van der Waals surface area contributed by atoms with Crippen molar-refractivity contribution < 1.29 is 13.2 Å². The molecule has 1 amide bonds. The van der Waals surface area contributed by atoms with Crippen molar-refractivity contribution in [3.05, 3.63) is 53.1 Å². The van der Waals surface area contributed by atoms with Crippen LogP contribution in [0.1, 0.15) is 26.3 Å². The molecule has 0 aliphatic carbocycles. The number of nitrogens with one attached hydrogen (secondary N) is 3. The Morgan fingerprint density at radius 1 is 1.04 bits per heavy atom. The summed E-state index contributed by atoms with van der Waals surface area (Å²) in [4.78, 5) is 12.6. The molecule has 0 saturated heterocycles. The van der Waals surface area contributed by atoms with Crippen LogP contribution in [0.25, 0.3) is 0 Å². The summed E-state index contributed by atoms with van der Waals surface area (Å²) in [7, 11) is -3.56. The lowest BCUT2D eigenvalue weighted by Gasteiger charge is -2.17. The van der Waals surface area contributed by atoms with Crippen molar-refractivity contribution in [1.29, 1.82) is 0 Å². The molecule has 3 N–H and O–H groups in total. The quantitative estimate of drug-likeness (QED) is 0.649. The van der Waals surface area contributed by atoms with E-state index in [-0.39, 0.29) is 16.8 Å². The molecule has 0 aromatic heterocycles. The number of anilines is 2. The van der Waals surface area contributed by atoms with Gasteiger partial charge in [-0.3, -0.25) is 4.79 Å². The first kappa shape index (κ1) is 21.2. The zero-order chi connectivity index (χ0) is 20.2. The van der Waals surface area contributed by atoms with Gasteiger partial charge in [0.1, 0.15) is 6.04 Å². The topological polar surface area (TPSA) is 87.3 Å². The van der Waals surface area contributed by atoms with Crippen LogP contribution in [-0.2, 0) is 14.8 Å². The van der Waals surface area contributed by atoms with E-state index in [4.69, 9.17) is 11.6 Å². The highest BCUT2D eigenvalue weighted by atomic mass is 35.5. The summed E-state index contributed by atoms with van der Waals surface area (Å²) in [5.41, 5.74) is 2.16. The lowest BCUT2D eigenvalue weighted by Crippen LogP contribution is -2.32. The van der Waals surface area contributed by atoms with Crippen molar-refractivity contribution in [1.82, 2.24) is 4.72 Å². The van der Waals surface area contributed by atoms with Gasteiger partial charge in [0.2, 0.25) is 15.9 Å². The molecular weight excluding hydrogens is 386 g/mol. The third-order valence-corrected chi connectivity index (χ3v) is 5.94. The molecule has 0 saturated carbocycles. The lowest BCUT2D eigenvalue weighted by molar-refractivity contribution is -0.116. The molecule has 0 bridgehead atoms. The molecule has 146 valence electrons. The van der Waals surface area contributed by atoms with E-state index in [0.29, 0.717) is 10.7 Å². The van der Waals surface area contributed by atoms with Gasteiger partial charge in [0.05, 0.1) is 4.90 Å². The Morgan fingerprint density at radius 3 is 2.26 bits per heavy atom. The van der Waals surface area contributed by atoms with Gasteiger partial charge in [-0.05, 0) is 69.7 Å². The molecule has 0 unspecified atom stereocenters. The van der Waals surface area contributed by atoms with Crippen LogP contribution < -0.4 is 15.4 Å². The summed E-state index contributed by atoms with van der Waals surface area (Å²) in [5.74, 6) is -0.245. The maximum absolute atomic E-state index is 12.4. The Balaban J connectivity index is 2.04. The summed E-state index contributed by atoms with van der Waals surface area (Å²) in [5, 5.41) is 6.52. The van der Waals surface area contributed by atoms with Crippen molar-refractivity contribution in [2.75, 3.05) is 10.6 Å². The Bertz CT molecular complexity index is 912. The SMILES string of the molecule is Cc1c(Cl)cccc1N[C@@H](C)C(=O)Nc1ccc(S(=O)(=O)NC(C)C)cc1. The number of carbonyl (C=O) groups is 1. The first-order valence-electron chi connectivity index (χ1n) is 8.55. The molecular formula is C19H24ClN3O3S. The maximum atomic E-state index is 12.4. The normalized spacial score (nSPS) is 12.7. The second kappa shape index (κ2) is 8.73. The molecule has 0 aliphatic rings. The number of halogens is 1. The number of carbonyl (C=O) groups excluding carboxylic acids is 1. The molecule has 0 aliphatic heterocycles. The van der Waals surface area contributed by atoms with Gasteiger partial charge < -0.3 is 10.6 Å². The Kier molecular flexibility index (Phi) is 6.86. The van der Waals surface area contributed by atoms with E-state index in [9.17, 15) is 13.2 Å². The van der Waals surface area contributed by atoms with Crippen LogP contribution in [0.2, 0.25) is 5.02 Å². The molecule has 8 heteroatoms. The summed E-state index contributed by atoms with van der Waals surface area (Å²) >= 11 is 6.09. The summed E-state index contributed by atoms with van der Waals surface area (Å²) < 4.78 is 26.8. The Labute approximate surface area is 165 Å². The van der Waals surface area contributed by atoms with Crippen LogP contribution in [0.3, 0.4) is 0 Å². The van der Waals surface area contributed by atoms with Gasteiger partial charge in [-0.25, -0.2) is 13.1 Å². The summed E-state index contributed by atoms with van der Waals surface area (Å²) in [6, 6.07) is 10.8. The third kappa shape index (κ3) is 5.69.